The number of carbonyl (C=O) groups is 1. The van der Waals surface area contributed by atoms with Crippen LogP contribution in [0.15, 0.2) is 72.8 Å². The van der Waals surface area contributed by atoms with Crippen LogP contribution in [0.5, 0.6) is 5.75 Å². The molecule has 0 aromatic heterocycles. The van der Waals surface area contributed by atoms with Crippen LogP contribution in [0.1, 0.15) is 16.7 Å². The van der Waals surface area contributed by atoms with E-state index in [9.17, 15) is 4.79 Å². The molecule has 0 atom stereocenters. The van der Waals surface area contributed by atoms with E-state index in [1.807, 2.05) is 67.6 Å². The lowest BCUT2D eigenvalue weighted by Crippen LogP contribution is -2.30. The van der Waals surface area contributed by atoms with Crippen molar-refractivity contribution in [1.82, 2.24) is 4.90 Å². The maximum atomic E-state index is 12.3. The van der Waals surface area contributed by atoms with E-state index in [1.54, 1.807) is 24.1 Å². The van der Waals surface area contributed by atoms with Crippen molar-refractivity contribution < 1.29 is 9.53 Å². The Balaban J connectivity index is 1.54. The molecular formula is C24H22N2O2. The van der Waals surface area contributed by atoms with Crippen LogP contribution in [0.2, 0.25) is 0 Å². The van der Waals surface area contributed by atoms with E-state index in [4.69, 9.17) is 10.00 Å². The van der Waals surface area contributed by atoms with Crippen molar-refractivity contribution in [2.45, 2.75) is 13.5 Å². The molecule has 0 saturated heterocycles. The van der Waals surface area contributed by atoms with Gasteiger partial charge in [-0.15, -0.1) is 0 Å². The molecule has 0 radical (unpaired) electrons. The summed E-state index contributed by atoms with van der Waals surface area (Å²) in [4.78, 5) is 14.0. The molecule has 0 spiro atoms. The number of rotatable bonds is 6. The Morgan fingerprint density at radius 1 is 0.929 bits per heavy atom. The van der Waals surface area contributed by atoms with Crippen LogP contribution in [0.4, 0.5) is 0 Å². The highest BCUT2D eigenvalue weighted by molar-refractivity contribution is 5.77. The van der Waals surface area contributed by atoms with E-state index < -0.39 is 0 Å². The SMILES string of the molecule is Cc1ccc(CN(C)C(=O)COc2ccc(-c3ccc(C#N)cc3)cc2)cc1. The van der Waals surface area contributed by atoms with Gasteiger partial charge >= 0.3 is 0 Å². The first-order chi connectivity index (χ1) is 13.5. The van der Waals surface area contributed by atoms with Crippen molar-refractivity contribution in [3.8, 4) is 22.9 Å². The molecule has 1 amide bonds. The van der Waals surface area contributed by atoms with Crippen LogP contribution in [-0.4, -0.2) is 24.5 Å². The summed E-state index contributed by atoms with van der Waals surface area (Å²) in [5.41, 5.74) is 4.98. The first-order valence-electron chi connectivity index (χ1n) is 9.08. The number of hydrogen-bond acceptors (Lipinski definition) is 3. The average molecular weight is 370 g/mol. The Morgan fingerprint density at radius 2 is 1.50 bits per heavy atom. The van der Waals surface area contributed by atoms with Gasteiger partial charge in [0.2, 0.25) is 0 Å². The van der Waals surface area contributed by atoms with E-state index in [-0.39, 0.29) is 12.5 Å². The van der Waals surface area contributed by atoms with Crippen LogP contribution >= 0.6 is 0 Å². The topological polar surface area (TPSA) is 53.3 Å². The zero-order valence-electron chi connectivity index (χ0n) is 16.1. The Bertz CT molecular complexity index is 969. The van der Waals surface area contributed by atoms with Gasteiger partial charge in [0.25, 0.3) is 5.91 Å². The van der Waals surface area contributed by atoms with Gasteiger partial charge in [0.1, 0.15) is 5.75 Å². The molecule has 140 valence electrons. The molecule has 4 nitrogen and oxygen atoms in total. The lowest BCUT2D eigenvalue weighted by molar-refractivity contribution is -0.132. The number of aryl methyl sites for hydroxylation is 1. The van der Waals surface area contributed by atoms with E-state index >= 15 is 0 Å². The summed E-state index contributed by atoms with van der Waals surface area (Å²) in [7, 11) is 1.78. The summed E-state index contributed by atoms with van der Waals surface area (Å²) in [5, 5.41) is 8.87. The number of carbonyl (C=O) groups excluding carboxylic acids is 1. The van der Waals surface area contributed by atoms with Crippen LogP contribution in [-0.2, 0) is 11.3 Å². The second kappa shape index (κ2) is 8.88. The van der Waals surface area contributed by atoms with Gasteiger partial charge in [-0.3, -0.25) is 4.79 Å². The number of nitrogens with zero attached hydrogens (tertiary/aromatic N) is 2. The minimum atomic E-state index is -0.0725. The van der Waals surface area contributed by atoms with E-state index in [0.29, 0.717) is 17.9 Å². The first kappa shape index (κ1) is 19.2. The predicted molar refractivity (Wildman–Crippen MR) is 110 cm³/mol. The summed E-state index contributed by atoms with van der Waals surface area (Å²) >= 11 is 0. The molecule has 0 N–H and O–H groups in total. The largest absolute Gasteiger partial charge is 0.484 e. The zero-order valence-corrected chi connectivity index (χ0v) is 16.1. The average Bonchev–Trinajstić information content (AvgIpc) is 2.74. The summed E-state index contributed by atoms with van der Waals surface area (Å²) in [6.45, 7) is 2.60. The zero-order chi connectivity index (χ0) is 19.9. The highest BCUT2D eigenvalue weighted by atomic mass is 16.5. The summed E-state index contributed by atoms with van der Waals surface area (Å²) < 4.78 is 5.64. The van der Waals surface area contributed by atoms with Crippen molar-refractivity contribution >= 4 is 5.91 Å². The van der Waals surface area contributed by atoms with Gasteiger partial charge in [-0.2, -0.15) is 5.26 Å². The second-order valence-corrected chi connectivity index (χ2v) is 6.74. The Labute approximate surface area is 165 Å². The van der Waals surface area contributed by atoms with Crippen molar-refractivity contribution in [2.75, 3.05) is 13.7 Å². The molecule has 3 rings (SSSR count). The highest BCUT2D eigenvalue weighted by Crippen LogP contribution is 2.22. The molecule has 3 aromatic carbocycles. The molecule has 0 saturated carbocycles. The normalized spacial score (nSPS) is 10.2. The minimum absolute atomic E-state index is 0.00141. The monoisotopic (exact) mass is 370 g/mol. The van der Waals surface area contributed by atoms with Crippen LogP contribution in [0, 0.1) is 18.3 Å². The number of hydrogen-bond donors (Lipinski definition) is 0. The fourth-order valence-corrected chi connectivity index (χ4v) is 2.79. The van der Waals surface area contributed by atoms with Crippen molar-refractivity contribution in [1.29, 1.82) is 5.26 Å². The second-order valence-electron chi connectivity index (χ2n) is 6.74. The van der Waals surface area contributed by atoms with E-state index in [1.165, 1.54) is 5.56 Å². The Morgan fingerprint density at radius 3 is 2.07 bits per heavy atom. The van der Waals surface area contributed by atoms with Crippen molar-refractivity contribution in [2.24, 2.45) is 0 Å². The maximum Gasteiger partial charge on any atom is 0.260 e. The van der Waals surface area contributed by atoms with E-state index in [2.05, 4.69) is 6.07 Å². The maximum absolute atomic E-state index is 12.3. The van der Waals surface area contributed by atoms with Crippen LogP contribution < -0.4 is 4.74 Å². The van der Waals surface area contributed by atoms with Gasteiger partial charge < -0.3 is 9.64 Å². The van der Waals surface area contributed by atoms with Crippen LogP contribution in [0.3, 0.4) is 0 Å². The predicted octanol–water partition coefficient (Wildman–Crippen LogP) is 4.57. The molecule has 0 aliphatic heterocycles. The number of ether oxygens (including phenoxy) is 1. The van der Waals surface area contributed by atoms with Gasteiger partial charge in [0, 0.05) is 13.6 Å². The lowest BCUT2D eigenvalue weighted by Gasteiger charge is -2.18. The molecule has 3 aromatic rings. The molecule has 28 heavy (non-hydrogen) atoms. The fourth-order valence-electron chi connectivity index (χ4n) is 2.79. The number of nitriles is 1. The number of benzene rings is 3. The van der Waals surface area contributed by atoms with Crippen LogP contribution in [0.25, 0.3) is 11.1 Å². The molecule has 0 fully saturated rings. The van der Waals surface area contributed by atoms with Crippen molar-refractivity contribution in [3.05, 3.63) is 89.5 Å². The highest BCUT2D eigenvalue weighted by Gasteiger charge is 2.10. The van der Waals surface area contributed by atoms with Gasteiger partial charge in [0.15, 0.2) is 6.61 Å². The Kier molecular flexibility index (Phi) is 6.08. The third kappa shape index (κ3) is 4.99. The standard InChI is InChI=1S/C24H22N2O2/c1-18-3-5-20(6-4-18)16-26(2)24(27)17-28-23-13-11-22(12-14-23)21-9-7-19(15-25)8-10-21/h3-14H,16-17H2,1-2H3. The minimum Gasteiger partial charge on any atom is -0.484 e. The summed E-state index contributed by atoms with van der Waals surface area (Å²) in [6, 6.07) is 25.3. The number of amides is 1. The smallest absolute Gasteiger partial charge is 0.260 e. The molecule has 0 heterocycles. The molecule has 0 aliphatic carbocycles. The summed E-state index contributed by atoms with van der Waals surface area (Å²) in [5.74, 6) is 0.575. The summed E-state index contributed by atoms with van der Waals surface area (Å²) in [6.07, 6.45) is 0. The van der Waals surface area contributed by atoms with Crippen molar-refractivity contribution in [3.63, 3.8) is 0 Å². The number of likely N-dealkylation sites (N-methyl/N-ethyl adjacent to an activating group) is 1. The fraction of sp³-hybridized carbons (Fsp3) is 0.167. The molecule has 0 bridgehead atoms. The molecular weight excluding hydrogens is 348 g/mol. The molecule has 0 aliphatic rings. The quantitative estimate of drug-likeness (QED) is 0.639. The van der Waals surface area contributed by atoms with Gasteiger partial charge in [0.05, 0.1) is 11.6 Å². The van der Waals surface area contributed by atoms with E-state index in [0.717, 1.165) is 16.7 Å². The lowest BCUT2D eigenvalue weighted by atomic mass is 10.0. The first-order valence-corrected chi connectivity index (χ1v) is 9.08. The van der Waals surface area contributed by atoms with Gasteiger partial charge in [-0.25, -0.2) is 0 Å². The third-order valence-electron chi connectivity index (χ3n) is 4.53. The molecule has 4 heteroatoms. The van der Waals surface area contributed by atoms with Gasteiger partial charge in [-0.1, -0.05) is 54.1 Å². The third-order valence-corrected chi connectivity index (χ3v) is 4.53. The van der Waals surface area contributed by atoms with Gasteiger partial charge in [-0.05, 0) is 47.9 Å². The molecule has 0 unspecified atom stereocenters. The Hall–Kier alpha value is -3.58.